The van der Waals surface area contributed by atoms with E-state index in [0.717, 1.165) is 30.8 Å². The van der Waals surface area contributed by atoms with Crippen LogP contribution in [0.15, 0.2) is 18.3 Å². The average Bonchev–Trinajstić information content (AvgIpc) is 2.30. The predicted octanol–water partition coefficient (Wildman–Crippen LogP) is 3.32. The van der Waals surface area contributed by atoms with Gasteiger partial charge in [-0.05, 0) is 38.9 Å². The van der Waals surface area contributed by atoms with Crippen molar-refractivity contribution in [3.8, 4) is 5.75 Å². The van der Waals surface area contributed by atoms with Gasteiger partial charge in [-0.3, -0.25) is 4.98 Å². The number of pyridine rings is 1. The van der Waals surface area contributed by atoms with Crippen LogP contribution in [0.3, 0.4) is 0 Å². The summed E-state index contributed by atoms with van der Waals surface area (Å²) in [5.74, 6) is 0.860. The van der Waals surface area contributed by atoms with Gasteiger partial charge >= 0.3 is 0 Å². The highest BCUT2D eigenvalue weighted by Gasteiger charge is 2.06. The van der Waals surface area contributed by atoms with E-state index in [9.17, 15) is 0 Å². The molecule has 1 N–H and O–H groups in total. The summed E-state index contributed by atoms with van der Waals surface area (Å²) >= 11 is 0. The third-order valence-corrected chi connectivity index (χ3v) is 2.75. The van der Waals surface area contributed by atoms with Crippen molar-refractivity contribution in [1.29, 1.82) is 0 Å². The maximum Gasteiger partial charge on any atom is 0.138 e. The Kier molecular flexibility index (Phi) is 5.98. The van der Waals surface area contributed by atoms with E-state index in [-0.39, 0.29) is 6.10 Å². The fourth-order valence-corrected chi connectivity index (χ4v) is 1.83. The fourth-order valence-electron chi connectivity index (χ4n) is 1.83. The van der Waals surface area contributed by atoms with Gasteiger partial charge in [0.15, 0.2) is 0 Å². The second-order valence-electron chi connectivity index (χ2n) is 4.42. The van der Waals surface area contributed by atoms with Crippen molar-refractivity contribution in [1.82, 2.24) is 10.3 Å². The Morgan fingerprint density at radius 3 is 2.59 bits per heavy atom. The van der Waals surface area contributed by atoms with Crippen LogP contribution in [0.1, 0.15) is 52.3 Å². The van der Waals surface area contributed by atoms with Crippen LogP contribution < -0.4 is 10.1 Å². The lowest BCUT2D eigenvalue weighted by molar-refractivity contribution is 0.209. The molecular formula is C14H24N2O. The van der Waals surface area contributed by atoms with E-state index in [1.165, 1.54) is 0 Å². The summed E-state index contributed by atoms with van der Waals surface area (Å²) in [6, 6.07) is 4.33. The van der Waals surface area contributed by atoms with Gasteiger partial charge in [-0.1, -0.05) is 20.3 Å². The van der Waals surface area contributed by atoms with Gasteiger partial charge in [0, 0.05) is 6.04 Å². The summed E-state index contributed by atoms with van der Waals surface area (Å²) in [5, 5.41) is 3.34. The zero-order valence-corrected chi connectivity index (χ0v) is 11.4. The Balaban J connectivity index is 2.55. The Bertz CT molecular complexity index is 311. The Morgan fingerprint density at radius 2 is 2.06 bits per heavy atom. The molecule has 0 bridgehead atoms. The SMILES string of the molecule is CCCC(C)Oc1ccc(C(C)NCC)nc1. The second kappa shape index (κ2) is 7.28. The summed E-state index contributed by atoms with van der Waals surface area (Å²) in [7, 11) is 0. The van der Waals surface area contributed by atoms with Crippen LogP contribution in [0, 0.1) is 0 Å². The molecular weight excluding hydrogens is 212 g/mol. The zero-order chi connectivity index (χ0) is 12.7. The van der Waals surface area contributed by atoms with Crippen LogP contribution in [0.5, 0.6) is 5.75 Å². The normalized spacial score (nSPS) is 14.4. The Hall–Kier alpha value is -1.09. The lowest BCUT2D eigenvalue weighted by atomic mass is 10.2. The molecule has 17 heavy (non-hydrogen) atoms. The first-order valence-corrected chi connectivity index (χ1v) is 6.53. The number of aromatic nitrogens is 1. The third-order valence-electron chi connectivity index (χ3n) is 2.75. The van der Waals surface area contributed by atoms with Crippen molar-refractivity contribution < 1.29 is 4.74 Å². The topological polar surface area (TPSA) is 34.1 Å². The maximum atomic E-state index is 5.77. The van der Waals surface area contributed by atoms with Crippen molar-refractivity contribution in [2.24, 2.45) is 0 Å². The van der Waals surface area contributed by atoms with Crippen LogP contribution in [-0.4, -0.2) is 17.6 Å². The Morgan fingerprint density at radius 1 is 1.29 bits per heavy atom. The molecule has 0 radical (unpaired) electrons. The summed E-state index contributed by atoms with van der Waals surface area (Å²) in [6.45, 7) is 9.43. The second-order valence-corrected chi connectivity index (χ2v) is 4.42. The molecule has 3 heteroatoms. The summed E-state index contributed by atoms with van der Waals surface area (Å²) < 4.78 is 5.77. The van der Waals surface area contributed by atoms with Crippen molar-refractivity contribution in [2.75, 3.05) is 6.54 Å². The maximum absolute atomic E-state index is 5.77. The summed E-state index contributed by atoms with van der Waals surface area (Å²) in [4.78, 5) is 4.42. The fraction of sp³-hybridized carbons (Fsp3) is 0.643. The molecule has 0 aliphatic heterocycles. The van der Waals surface area contributed by atoms with E-state index in [1.54, 1.807) is 0 Å². The first kappa shape index (κ1) is 14.0. The molecule has 3 nitrogen and oxygen atoms in total. The van der Waals surface area contributed by atoms with Gasteiger partial charge < -0.3 is 10.1 Å². The largest absolute Gasteiger partial charge is 0.489 e. The monoisotopic (exact) mass is 236 g/mol. The van der Waals surface area contributed by atoms with Gasteiger partial charge in [-0.15, -0.1) is 0 Å². The van der Waals surface area contributed by atoms with Crippen LogP contribution in [-0.2, 0) is 0 Å². The van der Waals surface area contributed by atoms with Gasteiger partial charge in [0.1, 0.15) is 5.75 Å². The first-order chi connectivity index (χ1) is 8.17. The van der Waals surface area contributed by atoms with E-state index >= 15 is 0 Å². The molecule has 2 atom stereocenters. The highest BCUT2D eigenvalue weighted by molar-refractivity contribution is 5.21. The van der Waals surface area contributed by atoms with Crippen molar-refractivity contribution in [3.05, 3.63) is 24.0 Å². The van der Waals surface area contributed by atoms with Crippen molar-refractivity contribution in [2.45, 2.75) is 52.7 Å². The van der Waals surface area contributed by atoms with E-state index < -0.39 is 0 Å². The molecule has 0 saturated heterocycles. The molecule has 0 amide bonds. The van der Waals surface area contributed by atoms with E-state index in [4.69, 9.17) is 4.74 Å². The van der Waals surface area contributed by atoms with E-state index in [0.29, 0.717) is 6.04 Å². The first-order valence-electron chi connectivity index (χ1n) is 6.53. The molecule has 1 rings (SSSR count). The van der Waals surface area contributed by atoms with E-state index in [2.05, 4.69) is 38.0 Å². The molecule has 0 aliphatic rings. The summed E-state index contributed by atoms with van der Waals surface area (Å²) in [5.41, 5.74) is 1.06. The number of hydrogen-bond donors (Lipinski definition) is 1. The lowest BCUT2D eigenvalue weighted by Crippen LogP contribution is -2.18. The molecule has 2 unspecified atom stereocenters. The number of nitrogens with zero attached hydrogens (tertiary/aromatic N) is 1. The molecule has 1 aromatic heterocycles. The number of nitrogens with one attached hydrogen (secondary N) is 1. The smallest absolute Gasteiger partial charge is 0.138 e. The van der Waals surface area contributed by atoms with Gasteiger partial charge in [0.2, 0.25) is 0 Å². The molecule has 96 valence electrons. The highest BCUT2D eigenvalue weighted by Crippen LogP contribution is 2.16. The van der Waals surface area contributed by atoms with Gasteiger partial charge in [-0.2, -0.15) is 0 Å². The Labute approximate surface area is 105 Å². The number of ether oxygens (including phenoxy) is 1. The summed E-state index contributed by atoms with van der Waals surface area (Å²) in [6.07, 6.45) is 4.30. The predicted molar refractivity (Wildman–Crippen MR) is 71.3 cm³/mol. The van der Waals surface area contributed by atoms with Crippen molar-refractivity contribution in [3.63, 3.8) is 0 Å². The van der Waals surface area contributed by atoms with Crippen LogP contribution in [0.2, 0.25) is 0 Å². The van der Waals surface area contributed by atoms with Gasteiger partial charge in [-0.25, -0.2) is 0 Å². The van der Waals surface area contributed by atoms with Crippen LogP contribution in [0.25, 0.3) is 0 Å². The number of hydrogen-bond acceptors (Lipinski definition) is 3. The lowest BCUT2D eigenvalue weighted by Gasteiger charge is -2.15. The van der Waals surface area contributed by atoms with Gasteiger partial charge in [0.05, 0.1) is 18.0 Å². The third kappa shape index (κ3) is 4.73. The molecule has 1 aromatic rings. The quantitative estimate of drug-likeness (QED) is 0.788. The standard InChI is InChI=1S/C14H24N2O/c1-5-7-11(3)17-13-8-9-14(16-10-13)12(4)15-6-2/h8-12,15H,5-7H2,1-4H3. The average molecular weight is 236 g/mol. The van der Waals surface area contributed by atoms with Crippen LogP contribution in [0.4, 0.5) is 0 Å². The van der Waals surface area contributed by atoms with Gasteiger partial charge in [0.25, 0.3) is 0 Å². The van der Waals surface area contributed by atoms with E-state index in [1.807, 2.05) is 18.3 Å². The minimum Gasteiger partial charge on any atom is -0.489 e. The zero-order valence-electron chi connectivity index (χ0n) is 11.4. The minimum atomic E-state index is 0.263. The van der Waals surface area contributed by atoms with Crippen LogP contribution >= 0.6 is 0 Å². The molecule has 1 heterocycles. The molecule has 0 aromatic carbocycles. The molecule has 0 spiro atoms. The minimum absolute atomic E-state index is 0.263. The molecule has 0 saturated carbocycles. The number of rotatable bonds is 7. The molecule has 0 fully saturated rings. The highest BCUT2D eigenvalue weighted by atomic mass is 16.5. The molecule has 0 aliphatic carbocycles. The van der Waals surface area contributed by atoms with Crippen molar-refractivity contribution >= 4 is 0 Å².